The molecule has 0 unspecified atom stereocenters. The highest BCUT2D eigenvalue weighted by Crippen LogP contribution is 2.33. The van der Waals surface area contributed by atoms with Gasteiger partial charge in [-0.1, -0.05) is 22.9 Å². The normalized spacial score (nSPS) is 11.3. The predicted octanol–water partition coefficient (Wildman–Crippen LogP) is 3.87. The van der Waals surface area contributed by atoms with Crippen LogP contribution in [0.2, 0.25) is 5.15 Å². The van der Waals surface area contributed by atoms with Crippen molar-refractivity contribution in [2.75, 3.05) is 0 Å². The Morgan fingerprint density at radius 1 is 1.17 bits per heavy atom. The van der Waals surface area contributed by atoms with E-state index in [0.29, 0.717) is 5.56 Å². The molecule has 1 aromatic carbocycles. The summed E-state index contributed by atoms with van der Waals surface area (Å²) in [6, 6.07) is 9.57. The summed E-state index contributed by atoms with van der Waals surface area (Å²) in [6.07, 6.45) is -3.04. The third kappa shape index (κ3) is 2.81. The molecule has 0 aliphatic heterocycles. The van der Waals surface area contributed by atoms with Crippen LogP contribution >= 0.6 is 11.6 Å². The molecule has 9 heteroatoms. The highest BCUT2D eigenvalue weighted by atomic mass is 35.5. The molecule has 2 heterocycles. The van der Waals surface area contributed by atoms with Crippen LogP contribution in [-0.2, 0) is 6.18 Å². The molecule has 0 radical (unpaired) electrons. The van der Waals surface area contributed by atoms with Crippen LogP contribution in [0.4, 0.5) is 13.2 Å². The summed E-state index contributed by atoms with van der Waals surface area (Å²) in [4.78, 5) is 3.91. The number of halogens is 4. The molecule has 0 fully saturated rings. The number of alkyl halides is 3. The van der Waals surface area contributed by atoms with Crippen LogP contribution in [-0.4, -0.2) is 20.0 Å². The Labute approximate surface area is 138 Å². The van der Waals surface area contributed by atoms with Crippen molar-refractivity contribution in [3.8, 4) is 23.0 Å². The molecule has 3 aromatic rings. The van der Waals surface area contributed by atoms with Crippen molar-refractivity contribution in [3.05, 3.63) is 59.0 Å². The first kappa shape index (κ1) is 16.0. The molecule has 0 saturated heterocycles. The van der Waals surface area contributed by atoms with Gasteiger partial charge in [-0.15, -0.1) is 5.10 Å². The quantitative estimate of drug-likeness (QED) is 0.659. The standard InChI is InChI=1S/C15H7ClF3N5/c16-14-11(5-2-6-21-14)13-12(8-20)22-23-24(13)10-4-1-3-9(7-10)15(17,18)19/h1-7H. The van der Waals surface area contributed by atoms with Crippen LogP contribution in [0.25, 0.3) is 16.9 Å². The third-order valence-corrected chi connectivity index (χ3v) is 3.51. The number of hydrogen-bond donors (Lipinski definition) is 0. The zero-order valence-corrected chi connectivity index (χ0v) is 12.5. The number of pyridine rings is 1. The Morgan fingerprint density at radius 2 is 1.96 bits per heavy atom. The minimum Gasteiger partial charge on any atom is -0.244 e. The van der Waals surface area contributed by atoms with E-state index in [1.807, 2.05) is 6.07 Å². The molecule has 0 spiro atoms. The van der Waals surface area contributed by atoms with Crippen LogP contribution in [0, 0.1) is 11.3 Å². The molecule has 0 aliphatic carbocycles. The second kappa shape index (κ2) is 5.94. The lowest BCUT2D eigenvalue weighted by Crippen LogP contribution is -2.07. The van der Waals surface area contributed by atoms with E-state index in [0.717, 1.165) is 16.8 Å². The predicted molar refractivity (Wildman–Crippen MR) is 79.3 cm³/mol. The number of rotatable bonds is 2. The fourth-order valence-corrected chi connectivity index (χ4v) is 2.37. The monoisotopic (exact) mass is 349 g/mol. The van der Waals surface area contributed by atoms with Gasteiger partial charge in [-0.2, -0.15) is 18.4 Å². The fourth-order valence-electron chi connectivity index (χ4n) is 2.16. The van der Waals surface area contributed by atoms with E-state index >= 15 is 0 Å². The van der Waals surface area contributed by atoms with Gasteiger partial charge in [0.1, 0.15) is 16.9 Å². The number of nitriles is 1. The zero-order valence-electron chi connectivity index (χ0n) is 11.8. The van der Waals surface area contributed by atoms with Gasteiger partial charge in [0.15, 0.2) is 5.69 Å². The maximum atomic E-state index is 12.9. The second-order valence-corrected chi connectivity index (χ2v) is 5.06. The van der Waals surface area contributed by atoms with Crippen LogP contribution in [0.1, 0.15) is 11.3 Å². The molecule has 5 nitrogen and oxygen atoms in total. The van der Waals surface area contributed by atoms with Crippen molar-refractivity contribution in [3.63, 3.8) is 0 Å². The van der Waals surface area contributed by atoms with Crippen molar-refractivity contribution in [2.45, 2.75) is 6.18 Å². The fraction of sp³-hybridized carbons (Fsp3) is 0.0667. The van der Waals surface area contributed by atoms with E-state index in [1.54, 1.807) is 12.1 Å². The van der Waals surface area contributed by atoms with Crippen molar-refractivity contribution in [1.29, 1.82) is 5.26 Å². The van der Waals surface area contributed by atoms with Gasteiger partial charge >= 0.3 is 6.18 Å². The highest BCUT2D eigenvalue weighted by molar-refractivity contribution is 6.32. The van der Waals surface area contributed by atoms with E-state index in [4.69, 9.17) is 11.6 Å². The number of aromatic nitrogens is 4. The number of hydrogen-bond acceptors (Lipinski definition) is 4. The SMILES string of the molecule is N#Cc1nnn(-c2cccc(C(F)(F)F)c2)c1-c1cccnc1Cl. The van der Waals surface area contributed by atoms with Crippen molar-refractivity contribution < 1.29 is 13.2 Å². The van der Waals surface area contributed by atoms with Gasteiger partial charge in [0.25, 0.3) is 0 Å². The maximum absolute atomic E-state index is 12.9. The van der Waals surface area contributed by atoms with Crippen LogP contribution in [0.15, 0.2) is 42.6 Å². The molecule has 0 aliphatic rings. The van der Waals surface area contributed by atoms with Crippen LogP contribution < -0.4 is 0 Å². The van der Waals surface area contributed by atoms with Crippen molar-refractivity contribution in [2.24, 2.45) is 0 Å². The van der Waals surface area contributed by atoms with Gasteiger partial charge in [-0.05, 0) is 30.3 Å². The van der Waals surface area contributed by atoms with Gasteiger partial charge in [0, 0.05) is 11.8 Å². The van der Waals surface area contributed by atoms with Crippen LogP contribution in [0.3, 0.4) is 0 Å². The average molecular weight is 350 g/mol. The lowest BCUT2D eigenvalue weighted by molar-refractivity contribution is -0.137. The zero-order chi connectivity index (χ0) is 17.3. The summed E-state index contributed by atoms with van der Waals surface area (Å²) in [6.45, 7) is 0. The molecule has 0 amide bonds. The lowest BCUT2D eigenvalue weighted by Gasteiger charge is -2.11. The molecule has 24 heavy (non-hydrogen) atoms. The molecule has 0 N–H and O–H groups in total. The molecule has 0 bridgehead atoms. The summed E-state index contributed by atoms with van der Waals surface area (Å²) in [5.41, 5.74) is -0.277. The van der Waals surface area contributed by atoms with E-state index in [2.05, 4.69) is 15.3 Å². The summed E-state index contributed by atoms with van der Waals surface area (Å²) in [7, 11) is 0. The summed E-state index contributed by atoms with van der Waals surface area (Å²) in [5.74, 6) is 0. The van der Waals surface area contributed by atoms with E-state index in [9.17, 15) is 18.4 Å². The summed E-state index contributed by atoms with van der Waals surface area (Å²) < 4.78 is 39.9. The van der Waals surface area contributed by atoms with E-state index < -0.39 is 11.7 Å². The molecule has 0 saturated carbocycles. The van der Waals surface area contributed by atoms with Gasteiger partial charge in [-0.3, -0.25) is 0 Å². The Bertz CT molecular complexity index is 943. The smallest absolute Gasteiger partial charge is 0.244 e. The van der Waals surface area contributed by atoms with Gasteiger partial charge in [-0.25, -0.2) is 9.67 Å². The topological polar surface area (TPSA) is 67.4 Å². The van der Waals surface area contributed by atoms with E-state index in [-0.39, 0.29) is 22.2 Å². The molecule has 120 valence electrons. The second-order valence-electron chi connectivity index (χ2n) is 4.70. The summed E-state index contributed by atoms with van der Waals surface area (Å²) >= 11 is 6.04. The van der Waals surface area contributed by atoms with Gasteiger partial charge < -0.3 is 0 Å². The van der Waals surface area contributed by atoms with Crippen molar-refractivity contribution >= 4 is 11.6 Å². The first-order valence-electron chi connectivity index (χ1n) is 6.56. The Morgan fingerprint density at radius 3 is 2.62 bits per heavy atom. The van der Waals surface area contributed by atoms with E-state index in [1.165, 1.54) is 18.3 Å². The first-order chi connectivity index (χ1) is 11.4. The first-order valence-corrected chi connectivity index (χ1v) is 6.94. The molecular weight excluding hydrogens is 343 g/mol. The Kier molecular flexibility index (Phi) is 3.95. The van der Waals surface area contributed by atoms with Gasteiger partial charge in [0.2, 0.25) is 0 Å². The lowest BCUT2D eigenvalue weighted by atomic mass is 10.1. The third-order valence-electron chi connectivity index (χ3n) is 3.21. The summed E-state index contributed by atoms with van der Waals surface area (Å²) in [5, 5.41) is 16.8. The minimum absolute atomic E-state index is 0.0673. The number of benzene rings is 1. The maximum Gasteiger partial charge on any atom is 0.416 e. The van der Waals surface area contributed by atoms with Crippen LogP contribution in [0.5, 0.6) is 0 Å². The largest absolute Gasteiger partial charge is 0.416 e. The van der Waals surface area contributed by atoms with Gasteiger partial charge in [0.05, 0.1) is 11.3 Å². The average Bonchev–Trinajstić information content (AvgIpc) is 2.98. The molecule has 0 atom stereocenters. The van der Waals surface area contributed by atoms with Crippen molar-refractivity contribution in [1.82, 2.24) is 20.0 Å². The Balaban J connectivity index is 2.23. The minimum atomic E-state index is -4.50. The Hall–Kier alpha value is -2.92. The highest BCUT2D eigenvalue weighted by Gasteiger charge is 2.31. The molecular formula is C15H7ClF3N5. The molecule has 3 rings (SSSR count). The number of nitrogens with zero attached hydrogens (tertiary/aromatic N) is 5. The molecule has 2 aromatic heterocycles.